The molecule has 3 heteroatoms. The van der Waals surface area contributed by atoms with Crippen molar-refractivity contribution in [2.75, 3.05) is 0 Å². The van der Waals surface area contributed by atoms with Crippen molar-refractivity contribution < 1.29 is 0 Å². The van der Waals surface area contributed by atoms with Crippen molar-refractivity contribution in [1.82, 2.24) is 10.6 Å². The largest absolute Gasteiger partial charge is 0.360 e. The van der Waals surface area contributed by atoms with Crippen LogP contribution in [-0.4, -0.2) is 11.2 Å². The fraction of sp³-hybridized carbons (Fsp3) is 0.588. The Labute approximate surface area is 128 Å². The van der Waals surface area contributed by atoms with Gasteiger partial charge in [-0.2, -0.15) is 0 Å². The van der Waals surface area contributed by atoms with Gasteiger partial charge in [-0.15, -0.1) is 0 Å². The lowest BCUT2D eigenvalue weighted by Crippen LogP contribution is -2.43. The summed E-state index contributed by atoms with van der Waals surface area (Å²) in [7, 11) is 0. The zero-order valence-corrected chi connectivity index (χ0v) is 13.6. The van der Waals surface area contributed by atoms with Gasteiger partial charge in [0.1, 0.15) is 0 Å². The van der Waals surface area contributed by atoms with Crippen LogP contribution in [0, 0.1) is 13.8 Å². The summed E-state index contributed by atoms with van der Waals surface area (Å²) in [5.74, 6) is 0. The lowest BCUT2D eigenvalue weighted by molar-refractivity contribution is 0.411. The van der Waals surface area contributed by atoms with E-state index in [1.807, 2.05) is 0 Å². The standard InChI is InChI=1S/C17H26N2S/c1-12-9-10-15(11-13(12)2)14(3)18-17(20)19-16-7-5-4-6-8-16/h9-11,14,16H,4-8H2,1-3H3,(H2,18,19,20). The Morgan fingerprint density at radius 3 is 2.50 bits per heavy atom. The molecule has 20 heavy (non-hydrogen) atoms. The van der Waals surface area contributed by atoms with Gasteiger partial charge in [-0.1, -0.05) is 37.5 Å². The molecule has 0 amide bonds. The molecule has 0 aromatic heterocycles. The van der Waals surface area contributed by atoms with Gasteiger partial charge in [0.2, 0.25) is 0 Å². The van der Waals surface area contributed by atoms with Crippen molar-refractivity contribution in [2.45, 2.75) is 65.0 Å². The molecule has 2 N–H and O–H groups in total. The maximum Gasteiger partial charge on any atom is 0.166 e. The van der Waals surface area contributed by atoms with Crippen molar-refractivity contribution in [3.8, 4) is 0 Å². The maximum atomic E-state index is 5.45. The summed E-state index contributed by atoms with van der Waals surface area (Å²) in [4.78, 5) is 0. The van der Waals surface area contributed by atoms with E-state index < -0.39 is 0 Å². The molecule has 2 rings (SSSR count). The van der Waals surface area contributed by atoms with Crippen LogP contribution in [0.25, 0.3) is 0 Å². The van der Waals surface area contributed by atoms with Gasteiger partial charge in [-0.3, -0.25) is 0 Å². The van der Waals surface area contributed by atoms with Gasteiger partial charge >= 0.3 is 0 Å². The molecule has 1 fully saturated rings. The topological polar surface area (TPSA) is 24.1 Å². The molecule has 0 spiro atoms. The quantitative estimate of drug-likeness (QED) is 0.817. The number of rotatable bonds is 3. The summed E-state index contributed by atoms with van der Waals surface area (Å²) >= 11 is 5.45. The van der Waals surface area contributed by atoms with Crippen LogP contribution in [-0.2, 0) is 0 Å². The summed E-state index contributed by atoms with van der Waals surface area (Å²) in [6.45, 7) is 6.47. The molecule has 1 saturated carbocycles. The van der Waals surface area contributed by atoms with Crippen molar-refractivity contribution >= 4 is 17.3 Å². The maximum absolute atomic E-state index is 5.45. The highest BCUT2D eigenvalue weighted by molar-refractivity contribution is 7.80. The molecule has 0 bridgehead atoms. The van der Waals surface area contributed by atoms with Gasteiger partial charge in [0.05, 0.1) is 6.04 Å². The number of aryl methyl sites for hydroxylation is 2. The minimum Gasteiger partial charge on any atom is -0.360 e. The lowest BCUT2D eigenvalue weighted by atomic mass is 9.96. The third-order valence-electron chi connectivity index (χ3n) is 4.32. The highest BCUT2D eigenvalue weighted by Gasteiger charge is 2.15. The van der Waals surface area contributed by atoms with Crippen molar-refractivity contribution in [1.29, 1.82) is 0 Å². The SMILES string of the molecule is Cc1ccc(C(C)NC(=S)NC2CCCCC2)cc1C. The second-order valence-corrected chi connectivity index (χ2v) is 6.43. The Morgan fingerprint density at radius 2 is 1.85 bits per heavy atom. The normalized spacial score (nSPS) is 17.6. The highest BCUT2D eigenvalue weighted by Crippen LogP contribution is 2.19. The molecular formula is C17H26N2S. The summed E-state index contributed by atoms with van der Waals surface area (Å²) in [6.07, 6.45) is 6.52. The van der Waals surface area contributed by atoms with E-state index in [9.17, 15) is 0 Å². The molecule has 0 saturated heterocycles. The molecule has 1 aromatic rings. The number of benzene rings is 1. The lowest BCUT2D eigenvalue weighted by Gasteiger charge is -2.26. The van der Waals surface area contributed by atoms with Crippen LogP contribution in [0.4, 0.5) is 0 Å². The van der Waals surface area contributed by atoms with Gasteiger partial charge in [0.25, 0.3) is 0 Å². The molecule has 0 aliphatic heterocycles. The minimum absolute atomic E-state index is 0.248. The molecule has 0 heterocycles. The average Bonchev–Trinajstić information content (AvgIpc) is 2.42. The van der Waals surface area contributed by atoms with Crippen molar-refractivity contribution in [3.05, 3.63) is 34.9 Å². The third kappa shape index (κ3) is 4.20. The van der Waals surface area contributed by atoms with Gasteiger partial charge < -0.3 is 10.6 Å². The van der Waals surface area contributed by atoms with Crippen LogP contribution in [0.3, 0.4) is 0 Å². The van der Waals surface area contributed by atoms with E-state index >= 15 is 0 Å². The predicted molar refractivity (Wildman–Crippen MR) is 90.1 cm³/mol. The monoisotopic (exact) mass is 290 g/mol. The van der Waals surface area contributed by atoms with Gasteiger partial charge in [0.15, 0.2) is 5.11 Å². The molecule has 1 aliphatic rings. The second-order valence-electron chi connectivity index (χ2n) is 6.02. The number of hydrogen-bond acceptors (Lipinski definition) is 1. The van der Waals surface area contributed by atoms with E-state index in [2.05, 4.69) is 49.6 Å². The van der Waals surface area contributed by atoms with Crippen LogP contribution >= 0.6 is 12.2 Å². The zero-order chi connectivity index (χ0) is 14.5. The van der Waals surface area contributed by atoms with E-state index in [0.717, 1.165) is 5.11 Å². The first-order chi connectivity index (χ1) is 9.56. The number of hydrogen-bond donors (Lipinski definition) is 2. The van der Waals surface area contributed by atoms with Crippen LogP contribution in [0.15, 0.2) is 18.2 Å². The zero-order valence-electron chi connectivity index (χ0n) is 12.8. The first-order valence-electron chi connectivity index (χ1n) is 7.70. The Morgan fingerprint density at radius 1 is 1.15 bits per heavy atom. The van der Waals surface area contributed by atoms with E-state index in [4.69, 9.17) is 12.2 Å². The van der Waals surface area contributed by atoms with E-state index in [1.54, 1.807) is 0 Å². The minimum atomic E-state index is 0.248. The average molecular weight is 290 g/mol. The highest BCUT2D eigenvalue weighted by atomic mass is 32.1. The van der Waals surface area contributed by atoms with E-state index in [0.29, 0.717) is 6.04 Å². The summed E-state index contributed by atoms with van der Waals surface area (Å²) < 4.78 is 0. The van der Waals surface area contributed by atoms with Crippen LogP contribution in [0.1, 0.15) is 61.8 Å². The Hall–Kier alpha value is -1.09. The van der Waals surface area contributed by atoms with Crippen molar-refractivity contribution in [2.24, 2.45) is 0 Å². The van der Waals surface area contributed by atoms with Crippen LogP contribution in [0.5, 0.6) is 0 Å². The van der Waals surface area contributed by atoms with E-state index in [-0.39, 0.29) is 6.04 Å². The molecule has 1 aliphatic carbocycles. The first kappa shape index (κ1) is 15.3. The molecule has 2 nitrogen and oxygen atoms in total. The second kappa shape index (κ2) is 7.07. The molecule has 1 unspecified atom stereocenters. The van der Waals surface area contributed by atoms with Gasteiger partial charge in [-0.05, 0) is 62.5 Å². The Bertz CT molecular complexity index is 464. The Kier molecular flexibility index (Phi) is 5.41. The molecular weight excluding hydrogens is 264 g/mol. The number of thiocarbonyl (C=S) groups is 1. The summed E-state index contributed by atoms with van der Waals surface area (Å²) in [6, 6.07) is 7.42. The molecule has 110 valence electrons. The van der Waals surface area contributed by atoms with Crippen molar-refractivity contribution in [3.63, 3.8) is 0 Å². The van der Waals surface area contributed by atoms with Crippen LogP contribution in [0.2, 0.25) is 0 Å². The Balaban J connectivity index is 1.87. The van der Waals surface area contributed by atoms with Crippen LogP contribution < -0.4 is 10.6 Å². The molecule has 1 atom stereocenters. The fourth-order valence-electron chi connectivity index (χ4n) is 2.79. The predicted octanol–water partition coefficient (Wildman–Crippen LogP) is 4.16. The first-order valence-corrected chi connectivity index (χ1v) is 8.11. The van der Waals surface area contributed by atoms with Gasteiger partial charge in [0, 0.05) is 6.04 Å². The number of nitrogens with one attached hydrogen (secondary N) is 2. The molecule has 0 radical (unpaired) electrons. The summed E-state index contributed by atoms with van der Waals surface area (Å²) in [5.41, 5.74) is 3.96. The van der Waals surface area contributed by atoms with Gasteiger partial charge in [-0.25, -0.2) is 0 Å². The van der Waals surface area contributed by atoms with E-state index in [1.165, 1.54) is 48.8 Å². The summed E-state index contributed by atoms with van der Waals surface area (Å²) in [5, 5.41) is 7.67. The third-order valence-corrected chi connectivity index (χ3v) is 4.55. The molecule has 1 aromatic carbocycles. The fourth-order valence-corrected chi connectivity index (χ4v) is 3.13. The smallest absolute Gasteiger partial charge is 0.166 e.